The van der Waals surface area contributed by atoms with Crippen LogP contribution in [-0.2, 0) is 6.54 Å². The lowest BCUT2D eigenvalue weighted by Gasteiger charge is -2.13. The van der Waals surface area contributed by atoms with Crippen molar-refractivity contribution >= 4 is 6.21 Å². The summed E-state index contributed by atoms with van der Waals surface area (Å²) in [6, 6.07) is 7.40. The van der Waals surface area contributed by atoms with Gasteiger partial charge in [0.2, 0.25) is 11.5 Å². The van der Waals surface area contributed by atoms with Crippen LogP contribution in [0.1, 0.15) is 11.1 Å². The van der Waals surface area contributed by atoms with Gasteiger partial charge >= 0.3 is 0 Å². The Hall–Kier alpha value is -3.09. The minimum absolute atomic E-state index is 0.438. The molecule has 0 saturated heterocycles. The predicted molar refractivity (Wildman–Crippen MR) is 103 cm³/mol. The highest BCUT2D eigenvalue weighted by Crippen LogP contribution is 2.39. The molecule has 7 nitrogen and oxygen atoms in total. The van der Waals surface area contributed by atoms with Crippen molar-refractivity contribution in [3.8, 4) is 34.5 Å². The van der Waals surface area contributed by atoms with Crippen LogP contribution in [0.3, 0.4) is 0 Å². The Morgan fingerprint density at radius 3 is 1.41 bits per heavy atom. The number of methoxy groups -OCH3 is 6. The summed E-state index contributed by atoms with van der Waals surface area (Å²) >= 11 is 0. The van der Waals surface area contributed by atoms with E-state index in [1.54, 1.807) is 48.9 Å². The zero-order chi connectivity index (χ0) is 19.8. The van der Waals surface area contributed by atoms with Crippen LogP contribution in [0.25, 0.3) is 0 Å². The van der Waals surface area contributed by atoms with Gasteiger partial charge in [0.05, 0.1) is 49.2 Å². The Bertz CT molecular complexity index is 753. The SMILES string of the molecule is COc1cc(C=NCc2cc(OC)c(OC)c(OC)c2)cc(OC)c1OC. The van der Waals surface area contributed by atoms with Crippen LogP contribution in [0.5, 0.6) is 34.5 Å². The molecule has 0 radical (unpaired) electrons. The highest BCUT2D eigenvalue weighted by molar-refractivity contribution is 5.82. The number of ether oxygens (including phenoxy) is 6. The molecule has 27 heavy (non-hydrogen) atoms. The molecule has 2 aromatic carbocycles. The van der Waals surface area contributed by atoms with Crippen molar-refractivity contribution in [1.82, 2.24) is 0 Å². The minimum atomic E-state index is 0.438. The van der Waals surface area contributed by atoms with Crippen LogP contribution >= 0.6 is 0 Å². The fourth-order valence-corrected chi connectivity index (χ4v) is 2.66. The molecular formula is C20H25NO6. The Morgan fingerprint density at radius 2 is 1.04 bits per heavy atom. The van der Waals surface area contributed by atoms with E-state index in [0.29, 0.717) is 41.0 Å². The van der Waals surface area contributed by atoms with Gasteiger partial charge in [0.1, 0.15) is 0 Å². The van der Waals surface area contributed by atoms with Crippen LogP contribution in [0.2, 0.25) is 0 Å². The fourth-order valence-electron chi connectivity index (χ4n) is 2.66. The van der Waals surface area contributed by atoms with Gasteiger partial charge in [0, 0.05) is 6.21 Å². The van der Waals surface area contributed by atoms with E-state index in [-0.39, 0.29) is 0 Å². The molecule has 0 fully saturated rings. The summed E-state index contributed by atoms with van der Waals surface area (Å²) in [6.45, 7) is 0.438. The minimum Gasteiger partial charge on any atom is -0.493 e. The van der Waals surface area contributed by atoms with Crippen molar-refractivity contribution in [3.63, 3.8) is 0 Å². The second-order valence-corrected chi connectivity index (χ2v) is 5.46. The summed E-state index contributed by atoms with van der Waals surface area (Å²) in [5.74, 6) is 3.43. The summed E-state index contributed by atoms with van der Waals surface area (Å²) in [5.41, 5.74) is 1.75. The van der Waals surface area contributed by atoms with E-state index in [1.165, 1.54) is 0 Å². The van der Waals surface area contributed by atoms with E-state index in [1.807, 2.05) is 24.3 Å². The molecule has 0 aliphatic rings. The molecule has 2 aromatic rings. The predicted octanol–water partition coefficient (Wildman–Crippen LogP) is 3.36. The molecule has 0 heterocycles. The third-order valence-electron chi connectivity index (χ3n) is 3.93. The molecule has 0 aromatic heterocycles. The lowest BCUT2D eigenvalue weighted by Crippen LogP contribution is -1.98. The first kappa shape index (κ1) is 20.2. The van der Waals surface area contributed by atoms with E-state index < -0.39 is 0 Å². The third kappa shape index (κ3) is 4.55. The van der Waals surface area contributed by atoms with Crippen molar-refractivity contribution in [2.24, 2.45) is 4.99 Å². The number of benzene rings is 2. The Balaban J connectivity index is 2.27. The van der Waals surface area contributed by atoms with Crippen LogP contribution < -0.4 is 28.4 Å². The van der Waals surface area contributed by atoms with Crippen molar-refractivity contribution in [2.45, 2.75) is 6.54 Å². The van der Waals surface area contributed by atoms with Crippen molar-refractivity contribution in [3.05, 3.63) is 35.4 Å². The van der Waals surface area contributed by atoms with Gasteiger partial charge in [0.15, 0.2) is 23.0 Å². The normalized spacial score (nSPS) is 10.6. The van der Waals surface area contributed by atoms with Gasteiger partial charge in [-0.15, -0.1) is 0 Å². The summed E-state index contributed by atoms with van der Waals surface area (Å²) < 4.78 is 32.1. The van der Waals surface area contributed by atoms with Gasteiger partial charge in [-0.1, -0.05) is 0 Å². The molecule has 7 heteroatoms. The van der Waals surface area contributed by atoms with E-state index in [9.17, 15) is 0 Å². The average molecular weight is 375 g/mol. The smallest absolute Gasteiger partial charge is 0.203 e. The molecule has 0 amide bonds. The summed E-state index contributed by atoms with van der Waals surface area (Å²) in [4.78, 5) is 4.50. The highest BCUT2D eigenvalue weighted by Gasteiger charge is 2.14. The lowest BCUT2D eigenvalue weighted by molar-refractivity contribution is 0.324. The maximum atomic E-state index is 5.37. The highest BCUT2D eigenvalue weighted by atomic mass is 16.5. The van der Waals surface area contributed by atoms with E-state index in [2.05, 4.69) is 4.99 Å². The van der Waals surface area contributed by atoms with Crippen LogP contribution in [0, 0.1) is 0 Å². The molecule has 0 bridgehead atoms. The Morgan fingerprint density at radius 1 is 0.630 bits per heavy atom. The van der Waals surface area contributed by atoms with Gasteiger partial charge in [-0.3, -0.25) is 4.99 Å². The summed E-state index contributed by atoms with van der Waals surface area (Å²) in [7, 11) is 9.46. The van der Waals surface area contributed by atoms with Crippen LogP contribution in [0.15, 0.2) is 29.3 Å². The maximum absolute atomic E-state index is 5.37. The zero-order valence-corrected chi connectivity index (χ0v) is 16.5. The third-order valence-corrected chi connectivity index (χ3v) is 3.93. The molecule has 0 spiro atoms. The van der Waals surface area contributed by atoms with Gasteiger partial charge in [-0.2, -0.15) is 0 Å². The van der Waals surface area contributed by atoms with Gasteiger partial charge in [0.25, 0.3) is 0 Å². The number of hydrogen-bond donors (Lipinski definition) is 0. The standard InChI is InChI=1S/C20H25NO6/c1-22-15-7-13(8-16(23-2)19(15)26-5)11-21-12-14-9-17(24-3)20(27-6)18(10-14)25-4/h7-11H,12H2,1-6H3. The van der Waals surface area contributed by atoms with Crippen molar-refractivity contribution < 1.29 is 28.4 Å². The first-order chi connectivity index (χ1) is 13.1. The average Bonchev–Trinajstić information content (AvgIpc) is 2.71. The quantitative estimate of drug-likeness (QED) is 0.626. The van der Waals surface area contributed by atoms with Gasteiger partial charge in [-0.25, -0.2) is 0 Å². The number of hydrogen-bond acceptors (Lipinski definition) is 7. The van der Waals surface area contributed by atoms with Crippen LogP contribution in [0.4, 0.5) is 0 Å². The van der Waals surface area contributed by atoms with E-state index in [0.717, 1.165) is 11.1 Å². The van der Waals surface area contributed by atoms with Crippen LogP contribution in [-0.4, -0.2) is 48.9 Å². The Labute approximate surface area is 159 Å². The zero-order valence-electron chi connectivity index (χ0n) is 16.5. The number of nitrogens with zero attached hydrogens (tertiary/aromatic N) is 1. The van der Waals surface area contributed by atoms with E-state index >= 15 is 0 Å². The first-order valence-electron chi connectivity index (χ1n) is 8.20. The molecule has 0 unspecified atom stereocenters. The van der Waals surface area contributed by atoms with Crippen molar-refractivity contribution in [1.29, 1.82) is 0 Å². The topological polar surface area (TPSA) is 67.7 Å². The largest absolute Gasteiger partial charge is 0.493 e. The maximum Gasteiger partial charge on any atom is 0.203 e. The second-order valence-electron chi connectivity index (χ2n) is 5.46. The molecule has 0 atom stereocenters. The molecule has 2 rings (SSSR count). The molecule has 146 valence electrons. The second kappa shape index (κ2) is 9.56. The van der Waals surface area contributed by atoms with Crippen molar-refractivity contribution in [2.75, 3.05) is 42.7 Å². The molecule has 0 aliphatic carbocycles. The summed E-state index contributed by atoms with van der Waals surface area (Å²) in [6.07, 6.45) is 1.74. The fraction of sp³-hybridized carbons (Fsp3) is 0.350. The molecule has 0 N–H and O–H groups in total. The van der Waals surface area contributed by atoms with E-state index in [4.69, 9.17) is 28.4 Å². The Kier molecular flexibility index (Phi) is 7.16. The number of rotatable bonds is 9. The monoisotopic (exact) mass is 375 g/mol. The molecule has 0 saturated carbocycles. The number of aliphatic imine (C=N–C) groups is 1. The van der Waals surface area contributed by atoms with Gasteiger partial charge in [-0.05, 0) is 35.4 Å². The molecule has 0 aliphatic heterocycles. The lowest BCUT2D eigenvalue weighted by atomic mass is 10.1. The first-order valence-corrected chi connectivity index (χ1v) is 8.20. The van der Waals surface area contributed by atoms with Gasteiger partial charge < -0.3 is 28.4 Å². The summed E-state index contributed by atoms with van der Waals surface area (Å²) in [5, 5.41) is 0. The molecular weight excluding hydrogens is 350 g/mol.